The first kappa shape index (κ1) is 15.4. The second-order valence-corrected chi connectivity index (χ2v) is 4.52. The van der Waals surface area contributed by atoms with Crippen molar-refractivity contribution in [3.8, 4) is 0 Å². The SMILES string of the molecule is CCC(C)NC(=O)c1cncc(NCCCOC)c1. The van der Waals surface area contributed by atoms with E-state index >= 15 is 0 Å². The average Bonchev–Trinajstić information content (AvgIpc) is 2.43. The summed E-state index contributed by atoms with van der Waals surface area (Å²) in [6.07, 6.45) is 5.12. The number of methoxy groups -OCH3 is 1. The van der Waals surface area contributed by atoms with E-state index in [1.165, 1.54) is 0 Å². The van der Waals surface area contributed by atoms with Gasteiger partial charge < -0.3 is 15.4 Å². The summed E-state index contributed by atoms with van der Waals surface area (Å²) in [5.74, 6) is -0.0811. The minimum atomic E-state index is -0.0811. The van der Waals surface area contributed by atoms with Crippen molar-refractivity contribution < 1.29 is 9.53 Å². The lowest BCUT2D eigenvalue weighted by Crippen LogP contribution is -2.32. The number of nitrogens with zero attached hydrogens (tertiary/aromatic N) is 1. The molecule has 1 amide bonds. The number of carbonyl (C=O) groups excluding carboxylic acids is 1. The van der Waals surface area contributed by atoms with E-state index in [1.807, 2.05) is 19.9 Å². The van der Waals surface area contributed by atoms with Crippen LogP contribution in [0, 0.1) is 0 Å². The predicted octanol–water partition coefficient (Wildman–Crippen LogP) is 2.06. The quantitative estimate of drug-likeness (QED) is 0.706. The third kappa shape index (κ3) is 5.70. The number of carbonyl (C=O) groups is 1. The Bertz CT molecular complexity index is 396. The van der Waals surface area contributed by atoms with Gasteiger partial charge in [0.05, 0.1) is 11.3 Å². The Kier molecular flexibility index (Phi) is 6.89. The van der Waals surface area contributed by atoms with Crippen LogP contribution in [0.2, 0.25) is 0 Å². The molecule has 0 aliphatic heterocycles. The maximum Gasteiger partial charge on any atom is 0.253 e. The van der Waals surface area contributed by atoms with Gasteiger partial charge in [0.2, 0.25) is 0 Å². The summed E-state index contributed by atoms with van der Waals surface area (Å²) in [5, 5.41) is 6.14. The molecule has 19 heavy (non-hydrogen) atoms. The van der Waals surface area contributed by atoms with Crippen LogP contribution in [0.15, 0.2) is 18.5 Å². The molecule has 106 valence electrons. The summed E-state index contributed by atoms with van der Waals surface area (Å²) in [7, 11) is 1.68. The van der Waals surface area contributed by atoms with Gasteiger partial charge in [-0.1, -0.05) is 6.92 Å². The van der Waals surface area contributed by atoms with Crippen molar-refractivity contribution in [3.05, 3.63) is 24.0 Å². The smallest absolute Gasteiger partial charge is 0.253 e. The molecule has 0 spiro atoms. The molecule has 1 atom stereocenters. The molecule has 1 rings (SSSR count). The van der Waals surface area contributed by atoms with Crippen LogP contribution in [-0.2, 0) is 4.74 Å². The molecule has 5 heteroatoms. The van der Waals surface area contributed by atoms with E-state index in [0.717, 1.165) is 25.1 Å². The van der Waals surface area contributed by atoms with Crippen LogP contribution in [-0.4, -0.2) is 37.2 Å². The van der Waals surface area contributed by atoms with Crippen molar-refractivity contribution >= 4 is 11.6 Å². The zero-order valence-electron chi connectivity index (χ0n) is 11.9. The van der Waals surface area contributed by atoms with Gasteiger partial charge in [-0.2, -0.15) is 0 Å². The fourth-order valence-corrected chi connectivity index (χ4v) is 1.52. The fourth-order valence-electron chi connectivity index (χ4n) is 1.52. The fraction of sp³-hybridized carbons (Fsp3) is 0.571. The molecule has 0 aromatic carbocycles. The number of hydrogen-bond acceptors (Lipinski definition) is 4. The molecular weight excluding hydrogens is 242 g/mol. The third-order valence-corrected chi connectivity index (χ3v) is 2.84. The van der Waals surface area contributed by atoms with Crippen LogP contribution in [0.3, 0.4) is 0 Å². The predicted molar refractivity (Wildman–Crippen MR) is 76.4 cm³/mol. The van der Waals surface area contributed by atoms with Crippen LogP contribution in [0.1, 0.15) is 37.0 Å². The first-order valence-electron chi connectivity index (χ1n) is 6.66. The molecule has 0 fully saturated rings. The second kappa shape index (κ2) is 8.48. The van der Waals surface area contributed by atoms with E-state index in [0.29, 0.717) is 12.2 Å². The Labute approximate surface area is 114 Å². The Hall–Kier alpha value is -1.62. The van der Waals surface area contributed by atoms with Crippen molar-refractivity contribution in [2.75, 3.05) is 25.6 Å². The molecule has 1 heterocycles. The number of amides is 1. The molecule has 2 N–H and O–H groups in total. The van der Waals surface area contributed by atoms with Gasteiger partial charge in [0.25, 0.3) is 5.91 Å². The molecule has 5 nitrogen and oxygen atoms in total. The van der Waals surface area contributed by atoms with E-state index in [9.17, 15) is 4.79 Å². The van der Waals surface area contributed by atoms with Crippen molar-refractivity contribution in [1.82, 2.24) is 10.3 Å². The topological polar surface area (TPSA) is 63.2 Å². The summed E-state index contributed by atoms with van der Waals surface area (Å²) in [4.78, 5) is 16.0. The van der Waals surface area contributed by atoms with Crippen molar-refractivity contribution in [3.63, 3.8) is 0 Å². The maximum atomic E-state index is 11.9. The van der Waals surface area contributed by atoms with Crippen LogP contribution in [0.5, 0.6) is 0 Å². The Balaban J connectivity index is 2.53. The van der Waals surface area contributed by atoms with Gasteiger partial charge in [0.1, 0.15) is 0 Å². The van der Waals surface area contributed by atoms with Crippen molar-refractivity contribution in [2.24, 2.45) is 0 Å². The third-order valence-electron chi connectivity index (χ3n) is 2.84. The number of hydrogen-bond donors (Lipinski definition) is 2. The molecule has 0 saturated carbocycles. The van der Waals surface area contributed by atoms with Gasteiger partial charge >= 0.3 is 0 Å². The number of rotatable bonds is 8. The Morgan fingerprint density at radius 1 is 1.47 bits per heavy atom. The molecule has 1 aromatic rings. The molecule has 0 aliphatic carbocycles. The molecule has 0 bridgehead atoms. The van der Waals surface area contributed by atoms with Gasteiger partial charge in [-0.05, 0) is 25.8 Å². The first-order chi connectivity index (χ1) is 9.17. The van der Waals surface area contributed by atoms with Gasteiger partial charge in [0, 0.05) is 38.7 Å². The van der Waals surface area contributed by atoms with Crippen molar-refractivity contribution in [1.29, 1.82) is 0 Å². The standard InChI is InChI=1S/C14H23N3O2/c1-4-11(2)17-14(18)12-8-13(10-15-9-12)16-6-5-7-19-3/h8-11,16H,4-7H2,1-3H3,(H,17,18). The first-order valence-corrected chi connectivity index (χ1v) is 6.66. The largest absolute Gasteiger partial charge is 0.385 e. The molecule has 1 unspecified atom stereocenters. The lowest BCUT2D eigenvalue weighted by Gasteiger charge is -2.12. The molecule has 1 aromatic heterocycles. The van der Waals surface area contributed by atoms with Crippen molar-refractivity contribution in [2.45, 2.75) is 32.7 Å². The molecule has 0 saturated heterocycles. The summed E-state index contributed by atoms with van der Waals surface area (Å²) >= 11 is 0. The minimum Gasteiger partial charge on any atom is -0.385 e. The van der Waals surface area contributed by atoms with E-state index in [1.54, 1.807) is 19.5 Å². The zero-order valence-corrected chi connectivity index (χ0v) is 11.9. The lowest BCUT2D eigenvalue weighted by molar-refractivity contribution is 0.0939. The van der Waals surface area contributed by atoms with E-state index < -0.39 is 0 Å². The number of pyridine rings is 1. The van der Waals surface area contributed by atoms with Gasteiger partial charge in [-0.15, -0.1) is 0 Å². The lowest BCUT2D eigenvalue weighted by atomic mass is 10.2. The van der Waals surface area contributed by atoms with Crippen LogP contribution >= 0.6 is 0 Å². The zero-order chi connectivity index (χ0) is 14.1. The monoisotopic (exact) mass is 265 g/mol. The van der Waals surface area contributed by atoms with Gasteiger partial charge in [-0.25, -0.2) is 0 Å². The summed E-state index contributed by atoms with van der Waals surface area (Å²) in [6.45, 7) is 5.54. The van der Waals surface area contributed by atoms with Gasteiger partial charge in [-0.3, -0.25) is 9.78 Å². The highest BCUT2D eigenvalue weighted by Crippen LogP contribution is 2.08. The number of aromatic nitrogens is 1. The van der Waals surface area contributed by atoms with E-state index in [-0.39, 0.29) is 11.9 Å². The van der Waals surface area contributed by atoms with Crippen LogP contribution in [0.4, 0.5) is 5.69 Å². The number of anilines is 1. The normalized spacial score (nSPS) is 11.9. The molecule has 0 radical (unpaired) electrons. The minimum absolute atomic E-state index is 0.0811. The summed E-state index contributed by atoms with van der Waals surface area (Å²) < 4.78 is 4.98. The second-order valence-electron chi connectivity index (χ2n) is 4.52. The molecule has 0 aliphatic rings. The van der Waals surface area contributed by atoms with E-state index in [2.05, 4.69) is 15.6 Å². The summed E-state index contributed by atoms with van der Waals surface area (Å²) in [6, 6.07) is 1.99. The summed E-state index contributed by atoms with van der Waals surface area (Å²) in [5.41, 5.74) is 1.44. The maximum absolute atomic E-state index is 11.9. The average molecular weight is 265 g/mol. The highest BCUT2D eigenvalue weighted by atomic mass is 16.5. The number of nitrogens with one attached hydrogen (secondary N) is 2. The van der Waals surface area contributed by atoms with Crippen LogP contribution < -0.4 is 10.6 Å². The Morgan fingerprint density at radius 2 is 2.26 bits per heavy atom. The molecular formula is C14H23N3O2. The van der Waals surface area contributed by atoms with E-state index in [4.69, 9.17) is 4.74 Å². The highest BCUT2D eigenvalue weighted by Gasteiger charge is 2.09. The Morgan fingerprint density at radius 3 is 2.95 bits per heavy atom. The number of ether oxygens (including phenoxy) is 1. The highest BCUT2D eigenvalue weighted by molar-refractivity contribution is 5.94. The van der Waals surface area contributed by atoms with Gasteiger partial charge in [0.15, 0.2) is 0 Å². The van der Waals surface area contributed by atoms with Crippen LogP contribution in [0.25, 0.3) is 0 Å².